The van der Waals surface area contributed by atoms with Gasteiger partial charge in [-0.25, -0.2) is 9.59 Å². The van der Waals surface area contributed by atoms with Crippen molar-refractivity contribution in [2.45, 2.75) is 12.1 Å². The normalized spacial score (nSPS) is 28.6. The molecule has 3 atom stereocenters. The van der Waals surface area contributed by atoms with Gasteiger partial charge in [-0.2, -0.15) is 0 Å². The molecule has 0 bridgehead atoms. The van der Waals surface area contributed by atoms with Crippen molar-refractivity contribution < 1.29 is 28.7 Å². The molecule has 2 fully saturated rings. The van der Waals surface area contributed by atoms with Gasteiger partial charge in [0.2, 0.25) is 17.7 Å². The number of imide groups is 3. The van der Waals surface area contributed by atoms with Crippen molar-refractivity contribution in [3.63, 3.8) is 0 Å². The number of rotatable bonds is 1. The van der Waals surface area contributed by atoms with Gasteiger partial charge in [-0.15, -0.1) is 0 Å². The summed E-state index contributed by atoms with van der Waals surface area (Å²) < 4.78 is 5.67. The first-order valence-electron chi connectivity index (χ1n) is 7.48. The molecular weight excluding hydrogens is 332 g/mol. The van der Waals surface area contributed by atoms with Gasteiger partial charge in [0.15, 0.2) is 6.23 Å². The maximum absolute atomic E-state index is 12.4. The Labute approximate surface area is 140 Å². The smallest absolute Gasteiger partial charge is 0.328 e. The predicted molar refractivity (Wildman–Crippen MR) is 78.9 cm³/mol. The molecule has 3 aliphatic rings. The van der Waals surface area contributed by atoms with Crippen LogP contribution >= 0.6 is 0 Å². The summed E-state index contributed by atoms with van der Waals surface area (Å²) in [5.41, 5.74) is 0.472. The zero-order chi connectivity index (χ0) is 17.7. The van der Waals surface area contributed by atoms with Crippen LogP contribution in [-0.4, -0.2) is 36.0 Å². The van der Waals surface area contributed by atoms with Crippen LogP contribution < -0.4 is 26.0 Å². The number of nitrogens with one attached hydrogen (secondary N) is 4. The SMILES string of the molecule is O=C1NC(=O)C([C@H]2c3ccccc3O[C@H]3NC(=O)NC(=O)[C@@H]32)C(=O)N1. The third-order valence-electron chi connectivity index (χ3n) is 4.46. The van der Waals surface area contributed by atoms with E-state index in [9.17, 15) is 24.0 Å². The molecule has 0 saturated carbocycles. The van der Waals surface area contributed by atoms with Gasteiger partial charge < -0.3 is 10.1 Å². The lowest BCUT2D eigenvalue weighted by Crippen LogP contribution is -2.66. The number of amides is 7. The highest BCUT2D eigenvalue weighted by Crippen LogP contribution is 2.45. The van der Waals surface area contributed by atoms with Gasteiger partial charge in [0.25, 0.3) is 0 Å². The fraction of sp³-hybridized carbons (Fsp3) is 0.267. The molecule has 2 saturated heterocycles. The van der Waals surface area contributed by atoms with E-state index in [0.717, 1.165) is 0 Å². The highest BCUT2D eigenvalue weighted by Gasteiger charge is 2.54. The second-order valence-corrected chi connectivity index (χ2v) is 5.88. The quantitative estimate of drug-likeness (QED) is 0.478. The molecule has 3 aliphatic heterocycles. The molecule has 7 amide bonds. The van der Waals surface area contributed by atoms with Crippen LogP contribution in [0.15, 0.2) is 24.3 Å². The van der Waals surface area contributed by atoms with Crippen molar-refractivity contribution in [1.82, 2.24) is 21.3 Å². The Balaban J connectivity index is 1.84. The minimum atomic E-state index is -1.32. The largest absolute Gasteiger partial charge is 0.469 e. The molecule has 4 rings (SSSR count). The van der Waals surface area contributed by atoms with Gasteiger partial charge in [0.05, 0.1) is 0 Å². The molecule has 1 aromatic carbocycles. The summed E-state index contributed by atoms with van der Waals surface area (Å²) in [5.74, 6) is -5.17. The minimum absolute atomic E-state index is 0.348. The van der Waals surface area contributed by atoms with Gasteiger partial charge in [-0.1, -0.05) is 18.2 Å². The van der Waals surface area contributed by atoms with E-state index in [0.29, 0.717) is 11.3 Å². The molecule has 1 aromatic rings. The number of barbiturate groups is 1. The fourth-order valence-corrected chi connectivity index (χ4v) is 3.48. The number of ether oxygens (including phenoxy) is 1. The van der Waals surface area contributed by atoms with Crippen molar-refractivity contribution in [2.75, 3.05) is 0 Å². The number of benzene rings is 1. The molecule has 0 aliphatic carbocycles. The lowest BCUT2D eigenvalue weighted by atomic mass is 9.72. The lowest BCUT2D eigenvalue weighted by Gasteiger charge is -2.43. The Hall–Kier alpha value is -3.43. The number of para-hydroxylation sites is 1. The number of hydrogen-bond donors (Lipinski definition) is 4. The maximum Gasteiger partial charge on any atom is 0.328 e. The van der Waals surface area contributed by atoms with Gasteiger partial charge in [-0.05, 0) is 11.6 Å². The first kappa shape index (κ1) is 15.1. The fourth-order valence-electron chi connectivity index (χ4n) is 3.48. The van der Waals surface area contributed by atoms with E-state index in [1.165, 1.54) is 0 Å². The summed E-state index contributed by atoms with van der Waals surface area (Å²) in [6.07, 6.45) is -1.03. The standard InChI is InChI=1S/C15H12N4O6/c20-10-8(11(21)17-14(23)16-10)7-5-3-1-2-4-6(5)25-13-9(7)12(22)18-15(24)19-13/h1-4,7-9,13H,(H2,18,19,22,24)(H2,16,17,20,21,23)/t7-,9+,13-/m1/s1. The van der Waals surface area contributed by atoms with E-state index in [1.807, 2.05) is 10.6 Å². The van der Waals surface area contributed by atoms with E-state index >= 15 is 0 Å². The Kier molecular flexibility index (Phi) is 3.20. The van der Waals surface area contributed by atoms with Gasteiger partial charge in [0.1, 0.15) is 17.6 Å². The average molecular weight is 344 g/mol. The number of urea groups is 2. The molecule has 4 N–H and O–H groups in total. The monoisotopic (exact) mass is 344 g/mol. The highest BCUT2D eigenvalue weighted by atomic mass is 16.5. The van der Waals surface area contributed by atoms with E-state index in [-0.39, 0.29) is 0 Å². The second kappa shape index (κ2) is 5.30. The molecule has 3 heterocycles. The minimum Gasteiger partial charge on any atom is -0.469 e. The molecule has 10 nitrogen and oxygen atoms in total. The molecular formula is C15H12N4O6. The molecule has 128 valence electrons. The summed E-state index contributed by atoms with van der Waals surface area (Å²) in [7, 11) is 0. The van der Waals surface area contributed by atoms with Crippen molar-refractivity contribution in [1.29, 1.82) is 0 Å². The Morgan fingerprint density at radius 1 is 0.760 bits per heavy atom. The van der Waals surface area contributed by atoms with Gasteiger partial charge >= 0.3 is 12.1 Å². The molecule has 0 unspecified atom stereocenters. The summed E-state index contributed by atoms with van der Waals surface area (Å²) in [6.45, 7) is 0. The summed E-state index contributed by atoms with van der Waals surface area (Å²) in [5, 5.41) is 8.67. The highest BCUT2D eigenvalue weighted by molar-refractivity contribution is 6.17. The molecule has 10 heteroatoms. The Morgan fingerprint density at radius 2 is 1.40 bits per heavy atom. The summed E-state index contributed by atoms with van der Waals surface area (Å²) >= 11 is 0. The van der Waals surface area contributed by atoms with Gasteiger partial charge in [-0.3, -0.25) is 30.3 Å². The van der Waals surface area contributed by atoms with E-state index in [2.05, 4.69) is 10.6 Å². The van der Waals surface area contributed by atoms with Crippen LogP contribution in [0.1, 0.15) is 11.5 Å². The average Bonchev–Trinajstić information content (AvgIpc) is 2.52. The predicted octanol–water partition coefficient (Wildman–Crippen LogP) is -1.07. The molecule has 25 heavy (non-hydrogen) atoms. The third-order valence-corrected chi connectivity index (χ3v) is 4.46. The third kappa shape index (κ3) is 2.30. The van der Waals surface area contributed by atoms with Crippen LogP contribution in [0.25, 0.3) is 0 Å². The van der Waals surface area contributed by atoms with Gasteiger partial charge in [0, 0.05) is 5.92 Å². The first-order chi connectivity index (χ1) is 12.0. The van der Waals surface area contributed by atoms with Crippen LogP contribution in [-0.2, 0) is 14.4 Å². The van der Waals surface area contributed by atoms with Crippen molar-refractivity contribution in [2.24, 2.45) is 11.8 Å². The number of fused-ring (bicyclic) bond motifs is 2. The van der Waals surface area contributed by atoms with Crippen LogP contribution in [0.2, 0.25) is 0 Å². The molecule has 0 spiro atoms. The van der Waals surface area contributed by atoms with Crippen molar-refractivity contribution >= 4 is 29.8 Å². The second-order valence-electron chi connectivity index (χ2n) is 5.88. The van der Waals surface area contributed by atoms with Crippen molar-refractivity contribution in [3.05, 3.63) is 29.8 Å². The zero-order valence-corrected chi connectivity index (χ0v) is 12.6. The van der Waals surface area contributed by atoms with E-state index in [1.54, 1.807) is 24.3 Å². The number of hydrogen-bond acceptors (Lipinski definition) is 6. The Morgan fingerprint density at radius 3 is 2.12 bits per heavy atom. The van der Waals surface area contributed by atoms with Crippen LogP contribution in [0.4, 0.5) is 9.59 Å². The van der Waals surface area contributed by atoms with E-state index in [4.69, 9.17) is 4.74 Å². The maximum atomic E-state index is 12.4. The lowest BCUT2D eigenvalue weighted by molar-refractivity contribution is -0.141. The summed E-state index contributed by atoms with van der Waals surface area (Å²) in [6, 6.07) is 4.98. The van der Waals surface area contributed by atoms with Crippen molar-refractivity contribution in [3.8, 4) is 5.75 Å². The van der Waals surface area contributed by atoms with Crippen LogP contribution in [0.3, 0.4) is 0 Å². The number of carbonyl (C=O) groups excluding carboxylic acids is 5. The first-order valence-corrected chi connectivity index (χ1v) is 7.48. The zero-order valence-electron chi connectivity index (χ0n) is 12.6. The molecule has 0 radical (unpaired) electrons. The topological polar surface area (TPSA) is 143 Å². The van der Waals surface area contributed by atoms with E-state index < -0.39 is 53.8 Å². The van der Waals surface area contributed by atoms with Crippen LogP contribution in [0, 0.1) is 11.8 Å². The number of carbonyl (C=O) groups is 5. The summed E-state index contributed by atoms with van der Waals surface area (Å²) in [4.78, 5) is 59.9. The Bertz CT molecular complexity index is 817. The molecule has 0 aromatic heterocycles. The van der Waals surface area contributed by atoms with Crippen LogP contribution in [0.5, 0.6) is 5.75 Å².